The van der Waals surface area contributed by atoms with E-state index in [4.69, 9.17) is 0 Å². The number of benzene rings is 1. The van der Waals surface area contributed by atoms with E-state index in [-0.39, 0.29) is 12.3 Å². The van der Waals surface area contributed by atoms with Crippen LogP contribution in [0.25, 0.3) is 0 Å². The number of esters is 1. The van der Waals surface area contributed by atoms with Crippen molar-refractivity contribution in [3.63, 3.8) is 0 Å². The summed E-state index contributed by atoms with van der Waals surface area (Å²) in [5.74, 6) is -0.678. The number of amides is 1. The molecule has 0 aliphatic carbocycles. The molecule has 0 saturated heterocycles. The maximum atomic E-state index is 11.9. The summed E-state index contributed by atoms with van der Waals surface area (Å²) in [5, 5.41) is 0. The van der Waals surface area contributed by atoms with Gasteiger partial charge in [0.15, 0.2) is 0 Å². The zero-order valence-electron chi connectivity index (χ0n) is 11.4. The molecule has 0 saturated carbocycles. The van der Waals surface area contributed by atoms with Crippen LogP contribution in [-0.4, -0.2) is 50.2 Å². The normalized spacial score (nSPS) is 12.2. The third-order valence-corrected chi connectivity index (χ3v) is 2.52. The number of hydrogen-bond acceptors (Lipinski definition) is 4. The van der Waals surface area contributed by atoms with E-state index < -0.39 is 12.0 Å². The maximum absolute atomic E-state index is 11.9. The van der Waals surface area contributed by atoms with E-state index in [0.29, 0.717) is 0 Å². The molecule has 5 nitrogen and oxygen atoms in total. The number of likely N-dealkylation sites (N-methyl/N-ethyl adjacent to an activating group) is 1. The van der Waals surface area contributed by atoms with Gasteiger partial charge in [-0.3, -0.25) is 14.6 Å². The molecule has 0 aliphatic rings. The molecule has 0 unspecified atom stereocenters. The largest absolute Gasteiger partial charge is 0.469 e. The van der Waals surface area contributed by atoms with Gasteiger partial charge in [0.2, 0.25) is 5.91 Å². The Morgan fingerprint density at radius 3 is 2.47 bits per heavy atom. The number of rotatable bonds is 5. The van der Waals surface area contributed by atoms with Gasteiger partial charge in [0.25, 0.3) is 0 Å². The molecule has 1 atom stereocenters. The fraction of sp³-hybridized carbons (Fsp3) is 0.357. The Morgan fingerprint density at radius 1 is 1.32 bits per heavy atom. The van der Waals surface area contributed by atoms with Crippen molar-refractivity contribution < 1.29 is 14.3 Å². The standard InChI is InChI=1S/C14H18N2O3/c1-16(2)14(18)12(9-13(17)19-3)15-10-11-7-5-4-6-8-11/h4-8,10,12H,9H2,1-3H3/t12-/m0/s1. The minimum absolute atomic E-state index is 0.0587. The number of hydrogen-bond donors (Lipinski definition) is 0. The predicted octanol–water partition coefficient (Wildman–Crippen LogP) is 1.13. The molecule has 1 aromatic rings. The minimum atomic E-state index is -0.748. The average molecular weight is 262 g/mol. The van der Waals surface area contributed by atoms with Crippen molar-refractivity contribution in [3.05, 3.63) is 35.9 Å². The van der Waals surface area contributed by atoms with Crippen molar-refractivity contribution in [3.8, 4) is 0 Å². The van der Waals surface area contributed by atoms with Crippen LogP contribution in [-0.2, 0) is 14.3 Å². The SMILES string of the molecule is COC(=O)C[C@H](N=Cc1ccccc1)C(=O)N(C)C. The second kappa shape index (κ2) is 7.31. The van der Waals surface area contributed by atoms with E-state index in [1.54, 1.807) is 20.3 Å². The first-order chi connectivity index (χ1) is 9.04. The summed E-state index contributed by atoms with van der Waals surface area (Å²) in [7, 11) is 4.55. The maximum Gasteiger partial charge on any atom is 0.308 e. The molecule has 0 radical (unpaired) electrons. The van der Waals surface area contributed by atoms with Gasteiger partial charge in [-0.15, -0.1) is 0 Å². The quantitative estimate of drug-likeness (QED) is 0.590. The molecule has 0 N–H and O–H groups in total. The van der Waals surface area contributed by atoms with Crippen LogP contribution >= 0.6 is 0 Å². The molecule has 1 rings (SSSR count). The van der Waals surface area contributed by atoms with Crippen LogP contribution in [0.4, 0.5) is 0 Å². The highest BCUT2D eigenvalue weighted by molar-refractivity contribution is 5.89. The lowest BCUT2D eigenvalue weighted by molar-refractivity contribution is -0.143. The molecule has 0 spiro atoms. The molecule has 0 heterocycles. The van der Waals surface area contributed by atoms with Crippen LogP contribution in [0.5, 0.6) is 0 Å². The van der Waals surface area contributed by atoms with Crippen LogP contribution in [0.3, 0.4) is 0 Å². The highest BCUT2D eigenvalue weighted by Gasteiger charge is 2.22. The van der Waals surface area contributed by atoms with E-state index >= 15 is 0 Å². The van der Waals surface area contributed by atoms with Gasteiger partial charge in [0.1, 0.15) is 6.04 Å². The molecule has 19 heavy (non-hydrogen) atoms. The highest BCUT2D eigenvalue weighted by Crippen LogP contribution is 2.05. The molecule has 0 fully saturated rings. The van der Waals surface area contributed by atoms with E-state index in [0.717, 1.165) is 5.56 Å². The van der Waals surface area contributed by atoms with Gasteiger partial charge in [-0.05, 0) is 5.56 Å². The van der Waals surface area contributed by atoms with Gasteiger partial charge in [-0.1, -0.05) is 30.3 Å². The van der Waals surface area contributed by atoms with E-state index in [1.807, 2.05) is 30.3 Å². The van der Waals surface area contributed by atoms with Crippen molar-refractivity contribution in [1.82, 2.24) is 4.90 Å². The zero-order chi connectivity index (χ0) is 14.3. The topological polar surface area (TPSA) is 59.0 Å². The molecule has 102 valence electrons. The fourth-order valence-corrected chi connectivity index (χ4v) is 1.46. The van der Waals surface area contributed by atoms with Crippen molar-refractivity contribution in [1.29, 1.82) is 0 Å². The van der Waals surface area contributed by atoms with Gasteiger partial charge in [-0.25, -0.2) is 0 Å². The minimum Gasteiger partial charge on any atom is -0.469 e. The number of ether oxygens (including phenoxy) is 1. The van der Waals surface area contributed by atoms with Crippen LogP contribution in [0, 0.1) is 0 Å². The summed E-state index contributed by atoms with van der Waals surface area (Å²) >= 11 is 0. The lowest BCUT2D eigenvalue weighted by Gasteiger charge is -2.16. The van der Waals surface area contributed by atoms with Crippen molar-refractivity contribution >= 4 is 18.1 Å². The van der Waals surface area contributed by atoms with Crippen LogP contribution in [0.2, 0.25) is 0 Å². The molecule has 5 heteroatoms. The van der Waals surface area contributed by atoms with Crippen LogP contribution in [0.15, 0.2) is 35.3 Å². The number of aliphatic imine (C=N–C) groups is 1. The van der Waals surface area contributed by atoms with Gasteiger partial charge in [-0.2, -0.15) is 0 Å². The first-order valence-electron chi connectivity index (χ1n) is 5.90. The smallest absolute Gasteiger partial charge is 0.308 e. The lowest BCUT2D eigenvalue weighted by Crippen LogP contribution is -2.34. The second-order valence-electron chi connectivity index (χ2n) is 4.22. The molecule has 1 aromatic carbocycles. The predicted molar refractivity (Wildman–Crippen MR) is 73.2 cm³/mol. The van der Waals surface area contributed by atoms with Crippen molar-refractivity contribution in [2.75, 3.05) is 21.2 Å². The monoisotopic (exact) mass is 262 g/mol. The van der Waals surface area contributed by atoms with E-state index in [1.165, 1.54) is 12.0 Å². The van der Waals surface area contributed by atoms with Crippen molar-refractivity contribution in [2.24, 2.45) is 4.99 Å². The summed E-state index contributed by atoms with van der Waals surface area (Å²) in [6.07, 6.45) is 1.53. The average Bonchev–Trinajstić information content (AvgIpc) is 2.43. The molecule has 0 aromatic heterocycles. The van der Waals surface area contributed by atoms with Gasteiger partial charge < -0.3 is 9.64 Å². The third-order valence-electron chi connectivity index (χ3n) is 2.52. The summed E-state index contributed by atoms with van der Waals surface area (Å²) in [6.45, 7) is 0. The number of carbonyl (C=O) groups is 2. The summed E-state index contributed by atoms with van der Waals surface area (Å²) in [5.41, 5.74) is 0.879. The second-order valence-corrected chi connectivity index (χ2v) is 4.22. The summed E-state index contributed by atoms with van der Waals surface area (Å²) in [4.78, 5) is 28.8. The summed E-state index contributed by atoms with van der Waals surface area (Å²) in [6, 6.07) is 8.66. The molecular weight excluding hydrogens is 244 g/mol. The Kier molecular flexibility index (Phi) is 5.73. The Labute approximate surface area is 112 Å². The highest BCUT2D eigenvalue weighted by atomic mass is 16.5. The summed E-state index contributed by atoms with van der Waals surface area (Å²) < 4.78 is 4.58. The number of nitrogens with zero attached hydrogens (tertiary/aromatic N) is 2. The first-order valence-corrected chi connectivity index (χ1v) is 5.90. The van der Waals surface area contributed by atoms with Gasteiger partial charge in [0, 0.05) is 20.3 Å². The van der Waals surface area contributed by atoms with Gasteiger partial charge in [0.05, 0.1) is 13.5 Å². The Hall–Kier alpha value is -2.17. The van der Waals surface area contributed by atoms with Crippen molar-refractivity contribution in [2.45, 2.75) is 12.5 Å². The zero-order valence-corrected chi connectivity index (χ0v) is 11.4. The Bertz CT molecular complexity index is 455. The van der Waals surface area contributed by atoms with E-state index in [2.05, 4.69) is 9.73 Å². The Morgan fingerprint density at radius 2 is 1.95 bits per heavy atom. The third kappa shape index (κ3) is 4.91. The lowest BCUT2D eigenvalue weighted by atomic mass is 10.2. The van der Waals surface area contributed by atoms with Crippen LogP contribution in [0.1, 0.15) is 12.0 Å². The Balaban J connectivity index is 2.82. The molecular formula is C14H18N2O3. The van der Waals surface area contributed by atoms with Crippen LogP contribution < -0.4 is 0 Å². The van der Waals surface area contributed by atoms with Gasteiger partial charge >= 0.3 is 5.97 Å². The molecule has 0 bridgehead atoms. The number of methoxy groups -OCH3 is 1. The fourth-order valence-electron chi connectivity index (χ4n) is 1.46. The van der Waals surface area contributed by atoms with E-state index in [9.17, 15) is 9.59 Å². The first kappa shape index (κ1) is 14.9. The molecule has 1 amide bonds. The molecule has 0 aliphatic heterocycles. The number of carbonyl (C=O) groups excluding carboxylic acids is 2.